The first kappa shape index (κ1) is 16.9. The first-order valence-corrected chi connectivity index (χ1v) is 7.62. The van der Waals surface area contributed by atoms with Crippen molar-refractivity contribution in [3.63, 3.8) is 0 Å². The van der Waals surface area contributed by atoms with Gasteiger partial charge in [0.1, 0.15) is 12.1 Å². The van der Waals surface area contributed by atoms with Gasteiger partial charge >= 0.3 is 5.69 Å². The van der Waals surface area contributed by atoms with E-state index in [0.29, 0.717) is 16.5 Å². The molecule has 3 aromatic rings. The Bertz CT molecular complexity index is 946. The Hall–Kier alpha value is -2.91. The lowest BCUT2D eigenvalue weighted by Gasteiger charge is -2.10. The molecule has 0 spiro atoms. The van der Waals surface area contributed by atoms with E-state index in [0.717, 1.165) is 0 Å². The first-order valence-electron chi connectivity index (χ1n) is 6.86. The van der Waals surface area contributed by atoms with Crippen molar-refractivity contribution in [3.05, 3.63) is 56.5 Å². The van der Waals surface area contributed by atoms with Gasteiger partial charge in [-0.2, -0.15) is 0 Å². The van der Waals surface area contributed by atoms with Crippen LogP contribution in [-0.2, 0) is 0 Å². The lowest BCUT2D eigenvalue weighted by atomic mass is 10.3. The quantitative estimate of drug-likeness (QED) is 0.491. The van der Waals surface area contributed by atoms with E-state index in [1.165, 1.54) is 6.33 Å². The maximum Gasteiger partial charge on any atom is 0.353 e. The van der Waals surface area contributed by atoms with Crippen molar-refractivity contribution in [1.29, 1.82) is 0 Å². The van der Waals surface area contributed by atoms with Gasteiger partial charge in [0, 0.05) is 6.07 Å². The smallest absolute Gasteiger partial charge is 0.353 e. The van der Waals surface area contributed by atoms with Gasteiger partial charge in [-0.25, -0.2) is 9.97 Å². The first-order chi connectivity index (χ1) is 12.0. The third kappa shape index (κ3) is 3.62. The number of anilines is 4. The highest BCUT2D eigenvalue weighted by atomic mass is 35.5. The fourth-order valence-corrected chi connectivity index (χ4v) is 2.36. The second-order valence-electron chi connectivity index (χ2n) is 4.85. The minimum Gasteiger partial charge on any atom is -0.360 e. The number of nitrogens with one attached hydrogen (secondary N) is 2. The number of halogens is 2. The molecule has 0 fully saturated rings. The van der Waals surface area contributed by atoms with Gasteiger partial charge in [0.2, 0.25) is 11.6 Å². The maximum absolute atomic E-state index is 11.5. The lowest BCUT2D eigenvalue weighted by molar-refractivity contribution is -0.383. The Kier molecular flexibility index (Phi) is 4.68. The van der Waals surface area contributed by atoms with Crippen LogP contribution in [0.1, 0.15) is 5.76 Å². The topological polar surface area (TPSA) is 119 Å². The molecule has 0 radical (unpaired) electrons. The van der Waals surface area contributed by atoms with Gasteiger partial charge in [-0.05, 0) is 19.1 Å². The lowest BCUT2D eigenvalue weighted by Crippen LogP contribution is -2.05. The van der Waals surface area contributed by atoms with Crippen molar-refractivity contribution in [2.75, 3.05) is 10.6 Å². The molecule has 25 heavy (non-hydrogen) atoms. The van der Waals surface area contributed by atoms with Crippen molar-refractivity contribution >= 4 is 52.0 Å². The predicted molar refractivity (Wildman–Crippen MR) is 93.0 cm³/mol. The average molecular weight is 381 g/mol. The summed E-state index contributed by atoms with van der Waals surface area (Å²) in [4.78, 5) is 18.7. The number of nitrogens with zero attached hydrogens (tertiary/aromatic N) is 4. The Labute approximate surface area is 151 Å². The molecule has 0 aliphatic rings. The SMILES string of the molecule is Cc1cc(Nc2ncnc(Nc3cccc(Cl)c3Cl)c2[N+](=O)[O-])no1. The molecule has 11 heteroatoms. The van der Waals surface area contributed by atoms with Crippen molar-refractivity contribution in [1.82, 2.24) is 15.1 Å². The summed E-state index contributed by atoms with van der Waals surface area (Å²) in [6.45, 7) is 1.70. The number of hydrogen-bond donors (Lipinski definition) is 2. The summed E-state index contributed by atoms with van der Waals surface area (Å²) in [5, 5.41) is 21.3. The highest BCUT2D eigenvalue weighted by molar-refractivity contribution is 6.43. The molecule has 0 aliphatic heterocycles. The molecule has 0 bridgehead atoms. The average Bonchev–Trinajstić information content (AvgIpc) is 2.97. The summed E-state index contributed by atoms with van der Waals surface area (Å²) >= 11 is 12.1. The van der Waals surface area contributed by atoms with E-state index >= 15 is 0 Å². The zero-order valence-corrected chi connectivity index (χ0v) is 14.2. The number of aryl methyl sites for hydroxylation is 1. The molecule has 3 rings (SSSR count). The third-order valence-corrected chi connectivity index (χ3v) is 3.90. The maximum atomic E-state index is 11.5. The van der Waals surface area contributed by atoms with Gasteiger partial charge in [0.25, 0.3) is 0 Å². The molecule has 128 valence electrons. The molecule has 0 atom stereocenters. The van der Waals surface area contributed by atoms with Crippen LogP contribution in [0.15, 0.2) is 35.1 Å². The number of aromatic nitrogens is 3. The number of benzene rings is 1. The number of rotatable bonds is 5. The van der Waals surface area contributed by atoms with Crippen LogP contribution in [0.3, 0.4) is 0 Å². The van der Waals surface area contributed by atoms with E-state index in [1.807, 2.05) is 0 Å². The molecule has 1 aromatic carbocycles. The van der Waals surface area contributed by atoms with Crippen LogP contribution in [-0.4, -0.2) is 20.0 Å². The zero-order valence-electron chi connectivity index (χ0n) is 12.7. The highest BCUT2D eigenvalue weighted by Crippen LogP contribution is 2.36. The van der Waals surface area contributed by atoms with Crippen LogP contribution in [0.4, 0.5) is 28.8 Å². The van der Waals surface area contributed by atoms with E-state index in [-0.39, 0.29) is 28.2 Å². The van der Waals surface area contributed by atoms with E-state index in [1.54, 1.807) is 31.2 Å². The van der Waals surface area contributed by atoms with E-state index in [4.69, 9.17) is 27.7 Å². The van der Waals surface area contributed by atoms with Crippen LogP contribution in [0.5, 0.6) is 0 Å². The standard InChI is InChI=1S/C14H10Cl2N6O3/c1-7-5-10(21-25-7)20-14-12(22(23)24)13(17-6-18-14)19-9-4-2-3-8(15)11(9)16/h2-6H,1H3,(H2,17,18,19,20,21). The van der Waals surface area contributed by atoms with Crippen LogP contribution in [0, 0.1) is 17.0 Å². The molecule has 0 aliphatic carbocycles. The van der Waals surface area contributed by atoms with E-state index in [2.05, 4.69) is 25.8 Å². The fourth-order valence-electron chi connectivity index (χ4n) is 2.01. The van der Waals surface area contributed by atoms with Gasteiger partial charge in [-0.1, -0.05) is 34.4 Å². The molecule has 0 saturated heterocycles. The second kappa shape index (κ2) is 6.91. The predicted octanol–water partition coefficient (Wildman–Crippen LogP) is 4.48. The highest BCUT2D eigenvalue weighted by Gasteiger charge is 2.24. The molecule has 9 nitrogen and oxygen atoms in total. The fraction of sp³-hybridized carbons (Fsp3) is 0.0714. The third-order valence-electron chi connectivity index (χ3n) is 3.08. The Morgan fingerprint density at radius 1 is 1.20 bits per heavy atom. The Morgan fingerprint density at radius 3 is 2.56 bits per heavy atom. The molecule has 0 amide bonds. The Balaban J connectivity index is 2.00. The van der Waals surface area contributed by atoms with Gasteiger partial charge in [-0.3, -0.25) is 10.1 Å². The molecular weight excluding hydrogens is 371 g/mol. The van der Waals surface area contributed by atoms with Crippen molar-refractivity contribution in [3.8, 4) is 0 Å². The molecule has 2 heterocycles. The van der Waals surface area contributed by atoms with Gasteiger partial charge in [-0.15, -0.1) is 0 Å². The summed E-state index contributed by atoms with van der Waals surface area (Å²) < 4.78 is 4.92. The molecule has 0 saturated carbocycles. The summed E-state index contributed by atoms with van der Waals surface area (Å²) in [5.41, 5.74) is -0.00149. The molecule has 2 aromatic heterocycles. The molecule has 0 unspecified atom stereocenters. The summed E-state index contributed by atoms with van der Waals surface area (Å²) in [7, 11) is 0. The van der Waals surface area contributed by atoms with Crippen LogP contribution >= 0.6 is 23.2 Å². The van der Waals surface area contributed by atoms with Gasteiger partial charge in [0.15, 0.2) is 5.82 Å². The van der Waals surface area contributed by atoms with Gasteiger partial charge < -0.3 is 15.2 Å². The van der Waals surface area contributed by atoms with Crippen LogP contribution in [0.25, 0.3) is 0 Å². The van der Waals surface area contributed by atoms with Crippen LogP contribution in [0.2, 0.25) is 10.0 Å². The van der Waals surface area contributed by atoms with Crippen LogP contribution < -0.4 is 10.6 Å². The monoisotopic (exact) mass is 380 g/mol. The summed E-state index contributed by atoms with van der Waals surface area (Å²) in [6.07, 6.45) is 1.17. The van der Waals surface area contributed by atoms with Crippen molar-refractivity contribution in [2.24, 2.45) is 0 Å². The normalized spacial score (nSPS) is 10.5. The minimum absolute atomic E-state index is 0.0473. The van der Waals surface area contributed by atoms with E-state index < -0.39 is 4.92 Å². The molecule has 2 N–H and O–H groups in total. The number of nitro groups is 1. The zero-order chi connectivity index (χ0) is 18.0. The summed E-state index contributed by atoms with van der Waals surface area (Å²) in [5.74, 6) is 0.732. The minimum atomic E-state index is -0.615. The largest absolute Gasteiger partial charge is 0.360 e. The van der Waals surface area contributed by atoms with Crippen molar-refractivity contribution in [2.45, 2.75) is 6.92 Å². The second-order valence-corrected chi connectivity index (χ2v) is 5.64. The summed E-state index contributed by atoms with van der Waals surface area (Å²) in [6, 6.07) is 6.45. The van der Waals surface area contributed by atoms with E-state index in [9.17, 15) is 10.1 Å². The van der Waals surface area contributed by atoms with Gasteiger partial charge in [0.05, 0.1) is 20.7 Å². The number of hydrogen-bond acceptors (Lipinski definition) is 8. The molecular formula is C14H10Cl2N6O3. The van der Waals surface area contributed by atoms with Crippen molar-refractivity contribution < 1.29 is 9.45 Å². The Morgan fingerprint density at radius 2 is 1.92 bits per heavy atom.